The molecule has 0 fully saturated rings. The molecule has 0 saturated heterocycles. The van der Waals surface area contributed by atoms with Crippen LogP contribution in [0.3, 0.4) is 0 Å². The van der Waals surface area contributed by atoms with Gasteiger partial charge in [-0.3, -0.25) is 0 Å². The van der Waals surface area contributed by atoms with Gasteiger partial charge in [-0.2, -0.15) is 0 Å². The molecule has 0 bridgehead atoms. The molecule has 0 unspecified atom stereocenters. The summed E-state index contributed by atoms with van der Waals surface area (Å²) < 4.78 is 0. The van der Waals surface area contributed by atoms with E-state index in [1.807, 2.05) is 6.26 Å². The van der Waals surface area contributed by atoms with E-state index in [2.05, 4.69) is 48.1 Å². The van der Waals surface area contributed by atoms with Crippen molar-refractivity contribution >= 4 is 29.2 Å². The molecule has 1 rings (SSSR count). The molecule has 0 aromatic carbocycles. The molecule has 102 valence electrons. The number of rotatable bonds is 6. The number of hydrogen-bond acceptors (Lipinski definition) is 5. The minimum Gasteiger partial charge on any atom is -0.369 e. The standard InChI is InChI=1S/C12H21ClN4S/c1-12(2,8-17(3)4)7-14-10-6-9(13)15-11(16-10)18-5/h6H,7-8H2,1-5H3,(H,14,15,16). The zero-order valence-corrected chi connectivity index (χ0v) is 13.2. The zero-order chi connectivity index (χ0) is 13.8. The summed E-state index contributed by atoms with van der Waals surface area (Å²) in [5.74, 6) is 0.784. The molecule has 0 amide bonds. The average Bonchev–Trinajstić information content (AvgIpc) is 2.24. The molecule has 1 aromatic rings. The summed E-state index contributed by atoms with van der Waals surface area (Å²) in [5, 5.41) is 4.49. The van der Waals surface area contributed by atoms with E-state index in [0.717, 1.165) is 18.9 Å². The summed E-state index contributed by atoms with van der Waals surface area (Å²) in [5.41, 5.74) is 0.167. The molecule has 0 spiro atoms. The maximum Gasteiger partial charge on any atom is 0.190 e. The maximum atomic E-state index is 5.95. The predicted octanol–water partition coefficient (Wildman–Crippen LogP) is 2.85. The van der Waals surface area contributed by atoms with Crippen molar-refractivity contribution in [2.45, 2.75) is 19.0 Å². The minimum absolute atomic E-state index is 0.167. The molecule has 1 aromatic heterocycles. The molecule has 1 N–H and O–H groups in total. The van der Waals surface area contributed by atoms with Gasteiger partial charge in [0.2, 0.25) is 0 Å². The molecule has 0 aliphatic heterocycles. The highest BCUT2D eigenvalue weighted by molar-refractivity contribution is 7.98. The lowest BCUT2D eigenvalue weighted by molar-refractivity contribution is 0.254. The summed E-state index contributed by atoms with van der Waals surface area (Å²) in [6.07, 6.45) is 1.94. The summed E-state index contributed by atoms with van der Waals surface area (Å²) in [6.45, 7) is 6.29. The Balaban J connectivity index is 2.65. The van der Waals surface area contributed by atoms with Crippen LogP contribution in [0.4, 0.5) is 5.82 Å². The van der Waals surface area contributed by atoms with Gasteiger partial charge in [-0.1, -0.05) is 37.2 Å². The molecule has 0 radical (unpaired) electrons. The monoisotopic (exact) mass is 288 g/mol. The van der Waals surface area contributed by atoms with Crippen molar-refractivity contribution < 1.29 is 0 Å². The van der Waals surface area contributed by atoms with E-state index in [1.165, 1.54) is 11.8 Å². The van der Waals surface area contributed by atoms with Gasteiger partial charge in [0.05, 0.1) is 0 Å². The molecule has 18 heavy (non-hydrogen) atoms. The van der Waals surface area contributed by atoms with Gasteiger partial charge in [0, 0.05) is 19.2 Å². The highest BCUT2D eigenvalue weighted by Gasteiger charge is 2.19. The van der Waals surface area contributed by atoms with Crippen LogP contribution in [-0.2, 0) is 0 Å². The van der Waals surface area contributed by atoms with E-state index in [4.69, 9.17) is 11.6 Å². The van der Waals surface area contributed by atoms with Gasteiger partial charge < -0.3 is 10.2 Å². The Morgan fingerprint density at radius 3 is 2.61 bits per heavy atom. The van der Waals surface area contributed by atoms with Crippen LogP contribution in [0.15, 0.2) is 11.2 Å². The van der Waals surface area contributed by atoms with Crippen molar-refractivity contribution in [1.82, 2.24) is 14.9 Å². The first-order valence-corrected chi connectivity index (χ1v) is 7.40. The fraction of sp³-hybridized carbons (Fsp3) is 0.667. The van der Waals surface area contributed by atoms with Gasteiger partial charge in [0.25, 0.3) is 0 Å². The molecule has 0 saturated carbocycles. The van der Waals surface area contributed by atoms with E-state index in [-0.39, 0.29) is 5.41 Å². The van der Waals surface area contributed by atoms with Crippen molar-refractivity contribution in [2.24, 2.45) is 5.41 Å². The molecule has 0 atom stereocenters. The van der Waals surface area contributed by atoms with Gasteiger partial charge in [-0.05, 0) is 25.8 Å². The quantitative estimate of drug-likeness (QED) is 0.495. The fourth-order valence-corrected chi connectivity index (χ4v) is 2.43. The van der Waals surface area contributed by atoms with Crippen LogP contribution >= 0.6 is 23.4 Å². The van der Waals surface area contributed by atoms with Crippen molar-refractivity contribution in [2.75, 3.05) is 38.8 Å². The van der Waals surface area contributed by atoms with Crippen LogP contribution in [-0.4, -0.2) is 48.3 Å². The third-order valence-corrected chi connectivity index (χ3v) is 3.09. The number of aromatic nitrogens is 2. The second kappa shape index (κ2) is 6.59. The molecule has 1 heterocycles. The maximum absolute atomic E-state index is 5.95. The van der Waals surface area contributed by atoms with E-state index in [0.29, 0.717) is 10.3 Å². The average molecular weight is 289 g/mol. The number of thioether (sulfide) groups is 1. The predicted molar refractivity (Wildman–Crippen MR) is 79.6 cm³/mol. The van der Waals surface area contributed by atoms with Gasteiger partial charge >= 0.3 is 0 Å². The second-order valence-corrected chi connectivity index (χ2v) is 6.48. The largest absolute Gasteiger partial charge is 0.369 e. The van der Waals surface area contributed by atoms with E-state index in [9.17, 15) is 0 Å². The molecule has 0 aliphatic carbocycles. The molecular weight excluding hydrogens is 268 g/mol. The first-order valence-electron chi connectivity index (χ1n) is 5.79. The van der Waals surface area contributed by atoms with Crippen molar-refractivity contribution in [3.63, 3.8) is 0 Å². The highest BCUT2D eigenvalue weighted by atomic mass is 35.5. The minimum atomic E-state index is 0.167. The number of halogens is 1. The number of anilines is 1. The number of nitrogens with one attached hydrogen (secondary N) is 1. The van der Waals surface area contributed by atoms with E-state index in [1.54, 1.807) is 6.07 Å². The Hall–Kier alpha value is -0.520. The smallest absolute Gasteiger partial charge is 0.190 e. The van der Waals surface area contributed by atoms with Crippen LogP contribution < -0.4 is 5.32 Å². The van der Waals surface area contributed by atoms with Gasteiger partial charge in [0.15, 0.2) is 5.16 Å². The van der Waals surface area contributed by atoms with E-state index >= 15 is 0 Å². The lowest BCUT2D eigenvalue weighted by Crippen LogP contribution is -2.34. The van der Waals surface area contributed by atoms with Crippen molar-refractivity contribution in [3.05, 3.63) is 11.2 Å². The Morgan fingerprint density at radius 1 is 1.39 bits per heavy atom. The highest BCUT2D eigenvalue weighted by Crippen LogP contribution is 2.20. The first-order chi connectivity index (χ1) is 8.32. The Labute approximate surface area is 119 Å². The first kappa shape index (κ1) is 15.5. The fourth-order valence-electron chi connectivity index (χ4n) is 1.82. The Kier molecular flexibility index (Phi) is 5.69. The van der Waals surface area contributed by atoms with Crippen molar-refractivity contribution in [3.8, 4) is 0 Å². The topological polar surface area (TPSA) is 41.1 Å². The molecule has 6 heteroatoms. The number of nitrogens with zero attached hydrogens (tertiary/aromatic N) is 3. The summed E-state index contributed by atoms with van der Waals surface area (Å²) in [4.78, 5) is 10.7. The molecule has 0 aliphatic rings. The summed E-state index contributed by atoms with van der Waals surface area (Å²) in [7, 11) is 4.16. The lowest BCUT2D eigenvalue weighted by Gasteiger charge is -2.28. The van der Waals surface area contributed by atoms with Crippen LogP contribution in [0, 0.1) is 5.41 Å². The third kappa shape index (κ3) is 5.42. The second-order valence-electron chi connectivity index (χ2n) is 5.32. The zero-order valence-electron chi connectivity index (χ0n) is 11.6. The lowest BCUT2D eigenvalue weighted by atomic mass is 9.93. The number of hydrogen-bond donors (Lipinski definition) is 1. The van der Waals surface area contributed by atoms with Crippen LogP contribution in [0.25, 0.3) is 0 Å². The molecular formula is C12H21ClN4S. The summed E-state index contributed by atoms with van der Waals surface area (Å²) in [6, 6.07) is 1.76. The Morgan fingerprint density at radius 2 is 2.06 bits per heavy atom. The van der Waals surface area contributed by atoms with Crippen LogP contribution in [0.2, 0.25) is 5.15 Å². The summed E-state index contributed by atoms with van der Waals surface area (Å²) >= 11 is 7.44. The normalized spacial score (nSPS) is 11.9. The van der Waals surface area contributed by atoms with Crippen LogP contribution in [0.1, 0.15) is 13.8 Å². The Bertz CT molecular complexity index is 396. The van der Waals surface area contributed by atoms with Gasteiger partial charge in [-0.25, -0.2) is 9.97 Å². The third-order valence-electron chi connectivity index (χ3n) is 2.35. The van der Waals surface area contributed by atoms with Gasteiger partial charge in [-0.15, -0.1) is 0 Å². The SMILES string of the molecule is CSc1nc(Cl)cc(NCC(C)(C)CN(C)C)n1. The molecule has 4 nitrogen and oxygen atoms in total. The van der Waals surface area contributed by atoms with Crippen molar-refractivity contribution in [1.29, 1.82) is 0 Å². The van der Waals surface area contributed by atoms with Crippen LogP contribution in [0.5, 0.6) is 0 Å². The van der Waals surface area contributed by atoms with Gasteiger partial charge in [0.1, 0.15) is 11.0 Å². The van der Waals surface area contributed by atoms with E-state index < -0.39 is 0 Å².